The SMILES string of the molecule is C=C(OCC)c1cc(F)ccc1-n1ncc(C#N)c1Cc1cnn(CC)c1Br. The van der Waals surface area contributed by atoms with Crippen LogP contribution in [0.3, 0.4) is 0 Å². The third-order valence-electron chi connectivity index (χ3n) is 4.30. The lowest BCUT2D eigenvalue weighted by Gasteiger charge is -2.15. The number of hydrogen-bond donors (Lipinski definition) is 0. The van der Waals surface area contributed by atoms with Crippen molar-refractivity contribution in [3.05, 3.63) is 70.0 Å². The molecule has 1 aromatic carbocycles. The molecular weight excluding hydrogens is 425 g/mol. The number of halogens is 2. The highest BCUT2D eigenvalue weighted by molar-refractivity contribution is 9.10. The smallest absolute Gasteiger partial charge is 0.124 e. The first-order valence-electron chi connectivity index (χ1n) is 8.79. The standard InChI is InChI=1S/C20H19BrFN5O/c1-4-26-20(21)14(11-24-26)8-19-15(10-23)12-25-27(19)18-7-6-16(22)9-17(18)13(3)28-5-2/h6-7,9,11-12H,3-5,8H2,1-2H3. The second-order valence-electron chi connectivity index (χ2n) is 6.00. The van der Waals surface area contributed by atoms with Gasteiger partial charge in [-0.15, -0.1) is 0 Å². The number of nitriles is 1. The van der Waals surface area contributed by atoms with Crippen LogP contribution in [0.15, 0.2) is 41.8 Å². The Bertz CT molecular complexity index is 1060. The second-order valence-corrected chi connectivity index (χ2v) is 6.75. The Kier molecular flexibility index (Phi) is 5.95. The Balaban J connectivity index is 2.12. The van der Waals surface area contributed by atoms with Gasteiger partial charge in [0, 0.05) is 24.1 Å². The molecule has 0 aliphatic heterocycles. The summed E-state index contributed by atoms with van der Waals surface area (Å²) in [4.78, 5) is 0. The molecule has 0 spiro atoms. The second kappa shape index (κ2) is 8.40. The van der Waals surface area contributed by atoms with Gasteiger partial charge in [0.2, 0.25) is 0 Å². The van der Waals surface area contributed by atoms with E-state index in [1.165, 1.54) is 18.3 Å². The van der Waals surface area contributed by atoms with E-state index in [0.717, 1.165) is 16.7 Å². The highest BCUT2D eigenvalue weighted by Crippen LogP contribution is 2.28. The van der Waals surface area contributed by atoms with Crippen LogP contribution in [0.4, 0.5) is 4.39 Å². The van der Waals surface area contributed by atoms with E-state index in [4.69, 9.17) is 4.74 Å². The number of aromatic nitrogens is 4. The molecule has 0 unspecified atom stereocenters. The molecule has 3 rings (SSSR count). The summed E-state index contributed by atoms with van der Waals surface area (Å²) in [6.07, 6.45) is 3.70. The summed E-state index contributed by atoms with van der Waals surface area (Å²) in [5.74, 6) is -0.0577. The zero-order chi connectivity index (χ0) is 20.3. The van der Waals surface area contributed by atoms with Crippen LogP contribution in [0.25, 0.3) is 11.4 Å². The number of nitrogens with zero attached hydrogens (tertiary/aromatic N) is 5. The Morgan fingerprint density at radius 3 is 2.75 bits per heavy atom. The lowest BCUT2D eigenvalue weighted by Crippen LogP contribution is -2.08. The van der Waals surface area contributed by atoms with E-state index in [1.807, 2.05) is 18.5 Å². The molecule has 0 fully saturated rings. The zero-order valence-electron chi connectivity index (χ0n) is 15.6. The van der Waals surface area contributed by atoms with Crippen molar-refractivity contribution in [2.75, 3.05) is 6.61 Å². The molecule has 2 heterocycles. The maximum Gasteiger partial charge on any atom is 0.124 e. The summed E-state index contributed by atoms with van der Waals surface area (Å²) in [7, 11) is 0. The molecule has 0 aliphatic rings. The molecule has 0 radical (unpaired) electrons. The van der Waals surface area contributed by atoms with E-state index in [9.17, 15) is 9.65 Å². The van der Waals surface area contributed by atoms with Crippen LogP contribution in [-0.2, 0) is 17.7 Å². The van der Waals surface area contributed by atoms with Crippen LogP contribution < -0.4 is 0 Å². The van der Waals surface area contributed by atoms with Crippen molar-refractivity contribution in [1.82, 2.24) is 19.6 Å². The van der Waals surface area contributed by atoms with Crippen molar-refractivity contribution >= 4 is 21.7 Å². The summed E-state index contributed by atoms with van der Waals surface area (Å²) in [5.41, 5.74) is 3.12. The quantitative estimate of drug-likeness (QED) is 0.505. The van der Waals surface area contributed by atoms with Gasteiger partial charge in [-0.1, -0.05) is 6.58 Å². The van der Waals surface area contributed by atoms with Gasteiger partial charge in [-0.2, -0.15) is 15.5 Å². The fourth-order valence-corrected chi connectivity index (χ4v) is 3.53. The third kappa shape index (κ3) is 3.71. The first-order valence-corrected chi connectivity index (χ1v) is 9.58. The van der Waals surface area contributed by atoms with Gasteiger partial charge in [-0.25, -0.2) is 9.07 Å². The first-order chi connectivity index (χ1) is 13.5. The highest BCUT2D eigenvalue weighted by atomic mass is 79.9. The van der Waals surface area contributed by atoms with Crippen LogP contribution >= 0.6 is 15.9 Å². The average molecular weight is 444 g/mol. The van der Waals surface area contributed by atoms with Gasteiger partial charge in [0.15, 0.2) is 0 Å². The molecule has 8 heteroatoms. The lowest BCUT2D eigenvalue weighted by atomic mass is 10.1. The van der Waals surface area contributed by atoms with Gasteiger partial charge in [-0.3, -0.25) is 4.68 Å². The minimum absolute atomic E-state index is 0.344. The van der Waals surface area contributed by atoms with Crippen LogP contribution in [-0.4, -0.2) is 26.2 Å². The largest absolute Gasteiger partial charge is 0.494 e. The van der Waals surface area contributed by atoms with Gasteiger partial charge >= 0.3 is 0 Å². The summed E-state index contributed by atoms with van der Waals surface area (Å²) in [6, 6.07) is 6.49. The Labute approximate surface area is 171 Å². The molecule has 6 nitrogen and oxygen atoms in total. The summed E-state index contributed by atoms with van der Waals surface area (Å²) >= 11 is 3.56. The van der Waals surface area contributed by atoms with Gasteiger partial charge in [0.1, 0.15) is 22.2 Å². The fraction of sp³-hybridized carbons (Fsp3) is 0.250. The Morgan fingerprint density at radius 1 is 1.32 bits per heavy atom. The van der Waals surface area contributed by atoms with Crippen LogP contribution in [0.5, 0.6) is 0 Å². The van der Waals surface area contributed by atoms with Gasteiger partial charge in [0.05, 0.1) is 35.9 Å². The molecule has 0 N–H and O–H groups in total. The molecule has 0 amide bonds. The number of benzene rings is 1. The van der Waals surface area contributed by atoms with Crippen molar-refractivity contribution in [3.8, 4) is 11.8 Å². The normalized spacial score (nSPS) is 10.7. The number of hydrogen-bond acceptors (Lipinski definition) is 4. The van der Waals surface area contributed by atoms with E-state index >= 15 is 0 Å². The minimum atomic E-state index is -0.402. The molecule has 2 aromatic heterocycles. The van der Waals surface area contributed by atoms with E-state index in [0.29, 0.717) is 41.3 Å². The number of ether oxygens (including phenoxy) is 1. The monoisotopic (exact) mass is 443 g/mol. The van der Waals surface area contributed by atoms with Crippen molar-refractivity contribution in [1.29, 1.82) is 5.26 Å². The van der Waals surface area contributed by atoms with E-state index < -0.39 is 5.82 Å². The predicted molar refractivity (Wildman–Crippen MR) is 107 cm³/mol. The predicted octanol–water partition coefficient (Wildman–Crippen LogP) is 4.46. The molecule has 0 saturated heterocycles. The van der Waals surface area contributed by atoms with Crippen molar-refractivity contribution < 1.29 is 9.13 Å². The summed E-state index contributed by atoms with van der Waals surface area (Å²) in [5, 5.41) is 18.2. The fourth-order valence-electron chi connectivity index (χ4n) is 2.94. The topological polar surface area (TPSA) is 68.7 Å². The molecule has 0 atom stereocenters. The van der Waals surface area contributed by atoms with Crippen molar-refractivity contribution in [2.45, 2.75) is 26.8 Å². The van der Waals surface area contributed by atoms with Crippen molar-refractivity contribution in [3.63, 3.8) is 0 Å². The van der Waals surface area contributed by atoms with E-state index in [-0.39, 0.29) is 0 Å². The molecule has 144 valence electrons. The summed E-state index contributed by atoms with van der Waals surface area (Å²) in [6.45, 7) is 8.86. The summed E-state index contributed by atoms with van der Waals surface area (Å²) < 4.78 is 23.7. The van der Waals surface area contributed by atoms with E-state index in [2.05, 4.69) is 38.8 Å². The molecule has 0 bridgehead atoms. The molecule has 28 heavy (non-hydrogen) atoms. The Morgan fingerprint density at radius 2 is 2.11 bits per heavy atom. The number of aryl methyl sites for hydroxylation is 1. The molecule has 0 saturated carbocycles. The third-order valence-corrected chi connectivity index (χ3v) is 5.22. The van der Waals surface area contributed by atoms with Crippen LogP contribution in [0, 0.1) is 17.1 Å². The minimum Gasteiger partial charge on any atom is -0.494 e. The van der Waals surface area contributed by atoms with Crippen LogP contribution in [0.2, 0.25) is 0 Å². The van der Waals surface area contributed by atoms with Gasteiger partial charge in [0.25, 0.3) is 0 Å². The van der Waals surface area contributed by atoms with Crippen LogP contribution in [0.1, 0.15) is 36.2 Å². The molecule has 0 aliphatic carbocycles. The first kappa shape index (κ1) is 19.8. The maximum absolute atomic E-state index is 13.9. The average Bonchev–Trinajstić information content (AvgIpc) is 3.25. The van der Waals surface area contributed by atoms with E-state index in [1.54, 1.807) is 16.9 Å². The number of rotatable bonds is 7. The lowest BCUT2D eigenvalue weighted by molar-refractivity contribution is 0.299. The molecule has 3 aromatic rings. The highest BCUT2D eigenvalue weighted by Gasteiger charge is 2.19. The Hall–Kier alpha value is -2.92. The zero-order valence-corrected chi connectivity index (χ0v) is 17.2. The molecular formula is C20H19BrFN5O. The maximum atomic E-state index is 13.9. The van der Waals surface area contributed by atoms with Gasteiger partial charge in [-0.05, 0) is 48.0 Å². The van der Waals surface area contributed by atoms with Crippen molar-refractivity contribution in [2.24, 2.45) is 0 Å². The van der Waals surface area contributed by atoms with Gasteiger partial charge < -0.3 is 4.74 Å².